The highest BCUT2D eigenvalue weighted by molar-refractivity contribution is 9.10. The number of pyridine rings is 1. The Bertz CT molecular complexity index is 886. The fraction of sp³-hybridized carbons (Fsp3) is 0.0714. The van der Waals surface area contributed by atoms with E-state index in [9.17, 15) is 8.42 Å². The van der Waals surface area contributed by atoms with Crippen LogP contribution >= 0.6 is 15.9 Å². The topological polar surface area (TPSA) is 52.0 Å². The van der Waals surface area contributed by atoms with Gasteiger partial charge >= 0.3 is 0 Å². The van der Waals surface area contributed by atoms with Crippen molar-refractivity contribution in [2.75, 3.05) is 0 Å². The van der Waals surface area contributed by atoms with Crippen molar-refractivity contribution in [1.29, 1.82) is 0 Å². The van der Waals surface area contributed by atoms with E-state index in [0.29, 0.717) is 11.2 Å². The summed E-state index contributed by atoms with van der Waals surface area (Å²) in [6.07, 6.45) is 3.22. The van der Waals surface area contributed by atoms with Gasteiger partial charge < -0.3 is 0 Å². The molecule has 2 aromatic heterocycles. The summed E-state index contributed by atoms with van der Waals surface area (Å²) >= 11 is 3.40. The molecule has 0 fully saturated rings. The number of aromatic nitrogens is 2. The van der Waals surface area contributed by atoms with Gasteiger partial charge in [0.25, 0.3) is 10.0 Å². The van der Waals surface area contributed by atoms with Gasteiger partial charge in [0.1, 0.15) is 0 Å². The van der Waals surface area contributed by atoms with Crippen LogP contribution in [0.4, 0.5) is 0 Å². The molecule has 6 heteroatoms. The summed E-state index contributed by atoms with van der Waals surface area (Å²) in [5.41, 5.74) is 1.22. The van der Waals surface area contributed by atoms with Gasteiger partial charge in [-0.2, -0.15) is 0 Å². The summed E-state index contributed by atoms with van der Waals surface area (Å²) in [5.74, 6) is 0. The zero-order chi connectivity index (χ0) is 14.3. The zero-order valence-electron chi connectivity index (χ0n) is 10.6. The molecular formula is C14H11BrN2O2S. The molecule has 0 N–H and O–H groups in total. The van der Waals surface area contributed by atoms with Gasteiger partial charge in [0.05, 0.1) is 16.6 Å². The number of aryl methyl sites for hydroxylation is 1. The number of nitrogens with zero attached hydrogens (tertiary/aromatic N) is 2. The maximum Gasteiger partial charge on any atom is 0.268 e. The lowest BCUT2D eigenvalue weighted by Gasteiger charge is -2.09. The van der Waals surface area contributed by atoms with Crippen molar-refractivity contribution >= 4 is 36.9 Å². The Morgan fingerprint density at radius 3 is 2.55 bits per heavy atom. The van der Waals surface area contributed by atoms with E-state index in [1.807, 2.05) is 6.07 Å². The lowest BCUT2D eigenvalue weighted by Crippen LogP contribution is -2.14. The molecule has 3 aromatic rings. The molecule has 0 unspecified atom stereocenters. The molecule has 0 amide bonds. The molecule has 20 heavy (non-hydrogen) atoms. The Kier molecular flexibility index (Phi) is 3.14. The second-order valence-electron chi connectivity index (χ2n) is 4.42. The molecule has 2 heterocycles. The largest absolute Gasteiger partial charge is 0.268 e. The standard InChI is InChI=1S/C14H11BrN2O2S/c1-10-7-12-13(15)8-16-9-14(12)17(10)20(18,19)11-5-3-2-4-6-11/h2-9H,1H3. The predicted octanol–water partition coefficient (Wildman–Crippen LogP) is 3.34. The fourth-order valence-electron chi connectivity index (χ4n) is 2.21. The van der Waals surface area contributed by atoms with E-state index >= 15 is 0 Å². The van der Waals surface area contributed by atoms with Crippen molar-refractivity contribution in [3.63, 3.8) is 0 Å². The van der Waals surface area contributed by atoms with E-state index in [-0.39, 0.29) is 4.90 Å². The minimum absolute atomic E-state index is 0.264. The van der Waals surface area contributed by atoms with Gasteiger partial charge in [-0.15, -0.1) is 0 Å². The number of hydrogen-bond acceptors (Lipinski definition) is 3. The van der Waals surface area contributed by atoms with Gasteiger partial charge in [-0.1, -0.05) is 18.2 Å². The van der Waals surface area contributed by atoms with Gasteiger partial charge in [0.15, 0.2) is 0 Å². The maximum absolute atomic E-state index is 12.8. The van der Waals surface area contributed by atoms with E-state index in [0.717, 1.165) is 9.86 Å². The monoisotopic (exact) mass is 350 g/mol. The van der Waals surface area contributed by atoms with Crippen LogP contribution in [0.15, 0.2) is 58.2 Å². The van der Waals surface area contributed by atoms with Crippen LogP contribution in [-0.2, 0) is 10.0 Å². The molecule has 0 atom stereocenters. The number of halogens is 1. The smallest absolute Gasteiger partial charge is 0.261 e. The van der Waals surface area contributed by atoms with Crippen molar-refractivity contribution in [2.24, 2.45) is 0 Å². The highest BCUT2D eigenvalue weighted by atomic mass is 79.9. The average molecular weight is 351 g/mol. The molecule has 0 bridgehead atoms. The van der Waals surface area contributed by atoms with Crippen LogP contribution in [0.2, 0.25) is 0 Å². The molecule has 0 saturated carbocycles. The predicted molar refractivity (Wildman–Crippen MR) is 81.2 cm³/mol. The Hall–Kier alpha value is -1.66. The fourth-order valence-corrected chi connectivity index (χ4v) is 4.20. The van der Waals surface area contributed by atoms with Gasteiger partial charge in [0, 0.05) is 21.7 Å². The third-order valence-corrected chi connectivity index (χ3v) is 5.56. The molecule has 0 aliphatic rings. The average Bonchev–Trinajstić information content (AvgIpc) is 2.78. The molecule has 102 valence electrons. The third-order valence-electron chi connectivity index (χ3n) is 3.09. The lowest BCUT2D eigenvalue weighted by molar-refractivity contribution is 0.588. The van der Waals surface area contributed by atoms with E-state index in [4.69, 9.17) is 0 Å². The van der Waals surface area contributed by atoms with E-state index < -0.39 is 10.0 Å². The zero-order valence-corrected chi connectivity index (χ0v) is 13.0. The second kappa shape index (κ2) is 4.71. The van der Waals surface area contributed by atoms with Crippen molar-refractivity contribution < 1.29 is 8.42 Å². The minimum atomic E-state index is -3.61. The van der Waals surface area contributed by atoms with Gasteiger partial charge in [-0.05, 0) is 41.1 Å². The van der Waals surface area contributed by atoms with Crippen molar-refractivity contribution in [3.05, 3.63) is 59.0 Å². The summed E-state index contributed by atoms with van der Waals surface area (Å²) < 4.78 is 27.6. The third kappa shape index (κ3) is 1.96. The van der Waals surface area contributed by atoms with Crippen LogP contribution in [0, 0.1) is 6.92 Å². The first-order chi connectivity index (χ1) is 9.51. The molecular weight excluding hydrogens is 340 g/mol. The van der Waals surface area contributed by atoms with Crippen LogP contribution in [-0.4, -0.2) is 17.4 Å². The first-order valence-electron chi connectivity index (χ1n) is 5.94. The molecule has 0 radical (unpaired) electrons. The normalized spacial score (nSPS) is 11.9. The van der Waals surface area contributed by atoms with Crippen molar-refractivity contribution in [2.45, 2.75) is 11.8 Å². The van der Waals surface area contributed by atoms with Gasteiger partial charge in [-0.3, -0.25) is 4.98 Å². The van der Waals surface area contributed by atoms with Gasteiger partial charge in [0.2, 0.25) is 0 Å². The summed E-state index contributed by atoms with van der Waals surface area (Å²) in [6, 6.07) is 10.2. The molecule has 0 saturated heterocycles. The number of rotatable bonds is 2. The minimum Gasteiger partial charge on any atom is -0.261 e. The van der Waals surface area contributed by atoms with Crippen molar-refractivity contribution in [1.82, 2.24) is 8.96 Å². The Morgan fingerprint density at radius 2 is 1.85 bits per heavy atom. The summed E-state index contributed by atoms with van der Waals surface area (Å²) in [6.45, 7) is 1.77. The first kappa shape index (κ1) is 13.3. The highest BCUT2D eigenvalue weighted by Crippen LogP contribution is 2.29. The highest BCUT2D eigenvalue weighted by Gasteiger charge is 2.21. The molecule has 4 nitrogen and oxygen atoms in total. The Morgan fingerprint density at radius 1 is 1.15 bits per heavy atom. The maximum atomic E-state index is 12.8. The Balaban J connectivity index is 2.36. The Labute approximate surface area is 125 Å². The lowest BCUT2D eigenvalue weighted by atomic mass is 10.3. The number of benzene rings is 1. The first-order valence-corrected chi connectivity index (χ1v) is 8.17. The van der Waals surface area contributed by atoms with Crippen LogP contribution in [0.3, 0.4) is 0 Å². The SMILES string of the molecule is Cc1cc2c(Br)cncc2n1S(=O)(=O)c1ccccc1. The molecule has 0 spiro atoms. The number of hydrogen-bond donors (Lipinski definition) is 0. The van der Waals surface area contributed by atoms with Crippen LogP contribution in [0.1, 0.15) is 5.69 Å². The van der Waals surface area contributed by atoms with E-state index in [1.54, 1.807) is 49.6 Å². The molecule has 0 aliphatic carbocycles. The van der Waals surface area contributed by atoms with Crippen molar-refractivity contribution in [3.8, 4) is 0 Å². The number of fused-ring (bicyclic) bond motifs is 1. The summed E-state index contributed by atoms with van der Waals surface area (Å²) in [7, 11) is -3.61. The quantitative estimate of drug-likeness (QED) is 0.712. The molecule has 3 rings (SSSR count). The van der Waals surface area contributed by atoms with E-state index in [1.165, 1.54) is 3.97 Å². The van der Waals surface area contributed by atoms with Crippen LogP contribution in [0.25, 0.3) is 10.9 Å². The summed E-state index contributed by atoms with van der Waals surface area (Å²) in [4.78, 5) is 4.33. The van der Waals surface area contributed by atoms with Gasteiger partial charge in [-0.25, -0.2) is 12.4 Å². The van der Waals surface area contributed by atoms with Crippen LogP contribution < -0.4 is 0 Å². The molecule has 1 aromatic carbocycles. The summed E-state index contributed by atoms with van der Waals surface area (Å²) in [5, 5.41) is 0.831. The van der Waals surface area contributed by atoms with E-state index in [2.05, 4.69) is 20.9 Å². The molecule has 0 aliphatic heterocycles. The van der Waals surface area contributed by atoms with Crippen LogP contribution in [0.5, 0.6) is 0 Å². The second-order valence-corrected chi connectivity index (χ2v) is 7.06.